The Morgan fingerprint density at radius 2 is 1.33 bits per heavy atom. The van der Waals surface area contributed by atoms with Gasteiger partial charge in [-0.25, -0.2) is 4.85 Å². The highest BCUT2D eigenvalue weighted by Gasteiger charge is 2.12. The standard InChI is InChI=1S/C35H30N2O5/c1-36-32(35(40)41)25-28-20-17-27(24-33(28)42-23-9-8-14-34(38)39)16-15-26-18-21-31(22-19-26)37(29-10-4-2-5-11-29)30-12-6-3-7-13-30/h2-7,10-13,15-22,24-25H,8-9,14,23H2,(H,38,39)(H,40,41)/b16-15+,32-25-. The van der Waals surface area contributed by atoms with E-state index in [9.17, 15) is 14.7 Å². The zero-order chi connectivity index (χ0) is 29.7. The molecule has 0 heterocycles. The van der Waals surface area contributed by atoms with E-state index in [4.69, 9.17) is 16.4 Å². The minimum absolute atomic E-state index is 0.0486. The molecule has 0 saturated carbocycles. The molecule has 210 valence electrons. The Morgan fingerprint density at radius 3 is 1.90 bits per heavy atom. The van der Waals surface area contributed by atoms with Crippen molar-refractivity contribution in [2.45, 2.75) is 19.3 Å². The molecule has 0 bridgehead atoms. The first-order valence-electron chi connectivity index (χ1n) is 13.4. The van der Waals surface area contributed by atoms with Crippen molar-refractivity contribution in [2.24, 2.45) is 0 Å². The predicted molar refractivity (Wildman–Crippen MR) is 166 cm³/mol. The zero-order valence-corrected chi connectivity index (χ0v) is 22.9. The number of hydrogen-bond donors (Lipinski definition) is 2. The summed E-state index contributed by atoms with van der Waals surface area (Å²) in [6, 6.07) is 33.9. The van der Waals surface area contributed by atoms with Gasteiger partial charge < -0.3 is 19.8 Å². The molecule has 0 aliphatic rings. The van der Waals surface area contributed by atoms with E-state index in [0.717, 1.165) is 28.2 Å². The number of anilines is 3. The molecule has 0 aliphatic heterocycles. The van der Waals surface area contributed by atoms with Gasteiger partial charge in [-0.3, -0.25) is 9.59 Å². The molecule has 0 unspecified atom stereocenters. The number of benzene rings is 4. The van der Waals surface area contributed by atoms with E-state index < -0.39 is 17.6 Å². The summed E-state index contributed by atoms with van der Waals surface area (Å²) >= 11 is 0. The first-order chi connectivity index (χ1) is 20.4. The third-order valence-electron chi connectivity index (χ3n) is 6.36. The quantitative estimate of drug-likeness (QED) is 0.0742. The second kappa shape index (κ2) is 14.7. The minimum atomic E-state index is -1.32. The Balaban J connectivity index is 1.55. The van der Waals surface area contributed by atoms with Gasteiger partial charge in [0.15, 0.2) is 0 Å². The van der Waals surface area contributed by atoms with Gasteiger partial charge in [0.2, 0.25) is 0 Å². The molecule has 0 radical (unpaired) electrons. The molecule has 42 heavy (non-hydrogen) atoms. The van der Waals surface area contributed by atoms with E-state index in [1.54, 1.807) is 12.1 Å². The van der Waals surface area contributed by atoms with Crippen LogP contribution in [0.4, 0.5) is 17.1 Å². The number of carboxylic acid groups (broad SMARTS) is 2. The molecule has 0 aliphatic carbocycles. The van der Waals surface area contributed by atoms with Crippen molar-refractivity contribution in [3.8, 4) is 5.75 Å². The van der Waals surface area contributed by atoms with E-state index in [-0.39, 0.29) is 13.0 Å². The molecule has 7 nitrogen and oxygen atoms in total. The van der Waals surface area contributed by atoms with Crippen molar-refractivity contribution < 1.29 is 24.5 Å². The Labute approximate surface area is 245 Å². The Morgan fingerprint density at radius 1 is 0.762 bits per heavy atom. The van der Waals surface area contributed by atoms with Crippen molar-refractivity contribution >= 4 is 47.2 Å². The zero-order valence-electron chi connectivity index (χ0n) is 22.9. The molecule has 4 rings (SSSR count). The summed E-state index contributed by atoms with van der Waals surface area (Å²) in [6.07, 6.45) is 6.22. The van der Waals surface area contributed by atoms with Crippen LogP contribution in [-0.2, 0) is 9.59 Å². The fraction of sp³-hybridized carbons (Fsp3) is 0.114. The van der Waals surface area contributed by atoms with Crippen LogP contribution in [-0.4, -0.2) is 28.8 Å². The first kappa shape index (κ1) is 29.4. The summed E-state index contributed by atoms with van der Waals surface area (Å²) in [6.45, 7) is 7.42. The highest BCUT2D eigenvalue weighted by molar-refractivity contribution is 5.94. The summed E-state index contributed by atoms with van der Waals surface area (Å²) in [4.78, 5) is 27.4. The topological polar surface area (TPSA) is 91.4 Å². The molecule has 2 N–H and O–H groups in total. The van der Waals surface area contributed by atoms with Gasteiger partial charge >= 0.3 is 11.9 Å². The van der Waals surface area contributed by atoms with Gasteiger partial charge in [-0.05, 0) is 72.5 Å². The lowest BCUT2D eigenvalue weighted by Gasteiger charge is -2.25. The molecule has 0 fully saturated rings. The summed E-state index contributed by atoms with van der Waals surface area (Å²) < 4.78 is 5.89. The summed E-state index contributed by atoms with van der Waals surface area (Å²) in [5.74, 6) is -1.76. The highest BCUT2D eigenvalue weighted by atomic mass is 16.5. The smallest absolute Gasteiger partial charge is 0.333 e. The van der Waals surface area contributed by atoms with Crippen LogP contribution in [0.2, 0.25) is 0 Å². The average Bonchev–Trinajstić information content (AvgIpc) is 3.01. The number of carbonyl (C=O) groups is 2. The van der Waals surface area contributed by atoms with E-state index >= 15 is 0 Å². The number of rotatable bonds is 13. The molecular formula is C35H30N2O5. The number of carboxylic acids is 2. The van der Waals surface area contributed by atoms with Crippen LogP contribution in [0.15, 0.2) is 109 Å². The van der Waals surface area contributed by atoms with E-state index in [1.807, 2.05) is 66.7 Å². The summed E-state index contributed by atoms with van der Waals surface area (Å²) in [7, 11) is 0. The third kappa shape index (κ3) is 8.20. The number of para-hydroxylation sites is 2. The lowest BCUT2D eigenvalue weighted by atomic mass is 10.1. The molecule has 7 heteroatoms. The molecule has 0 atom stereocenters. The van der Waals surface area contributed by atoms with Gasteiger partial charge in [-0.1, -0.05) is 72.8 Å². The van der Waals surface area contributed by atoms with Crippen LogP contribution in [0.3, 0.4) is 0 Å². The monoisotopic (exact) mass is 558 g/mol. The molecule has 0 amide bonds. The normalized spacial score (nSPS) is 11.2. The van der Waals surface area contributed by atoms with Crippen molar-refractivity contribution in [1.29, 1.82) is 0 Å². The van der Waals surface area contributed by atoms with Gasteiger partial charge in [0.25, 0.3) is 5.70 Å². The van der Waals surface area contributed by atoms with Crippen molar-refractivity contribution in [2.75, 3.05) is 11.5 Å². The van der Waals surface area contributed by atoms with E-state index in [0.29, 0.717) is 24.2 Å². The van der Waals surface area contributed by atoms with Gasteiger partial charge in [-0.15, -0.1) is 0 Å². The number of unbranched alkanes of at least 4 members (excludes halogenated alkanes) is 1. The fourth-order valence-corrected chi connectivity index (χ4v) is 4.28. The summed E-state index contributed by atoms with van der Waals surface area (Å²) in [5.41, 5.74) is 4.99. The fourth-order valence-electron chi connectivity index (χ4n) is 4.28. The number of hydrogen-bond acceptors (Lipinski definition) is 4. The van der Waals surface area contributed by atoms with Gasteiger partial charge in [-0.2, -0.15) is 0 Å². The van der Waals surface area contributed by atoms with E-state index in [2.05, 4.69) is 46.1 Å². The Bertz CT molecular complexity index is 1570. The van der Waals surface area contributed by atoms with Crippen molar-refractivity contribution in [3.05, 3.63) is 137 Å². The lowest BCUT2D eigenvalue weighted by Crippen LogP contribution is -2.09. The summed E-state index contributed by atoms with van der Waals surface area (Å²) in [5, 5.41) is 18.1. The predicted octanol–water partition coefficient (Wildman–Crippen LogP) is 8.31. The maximum absolute atomic E-state index is 11.4. The molecule has 0 saturated heterocycles. The Hall–Kier alpha value is -5.61. The molecule has 4 aromatic rings. The molecule has 0 aromatic heterocycles. The Kier molecular flexibility index (Phi) is 10.3. The molecule has 0 spiro atoms. The van der Waals surface area contributed by atoms with Crippen LogP contribution >= 0.6 is 0 Å². The number of aliphatic carboxylic acids is 2. The third-order valence-corrected chi connectivity index (χ3v) is 6.36. The van der Waals surface area contributed by atoms with E-state index in [1.165, 1.54) is 6.08 Å². The first-order valence-corrected chi connectivity index (χ1v) is 13.4. The maximum atomic E-state index is 11.4. The van der Waals surface area contributed by atoms with Crippen LogP contribution < -0.4 is 9.64 Å². The SMILES string of the molecule is [C-]#[N+]/C(=C\c1ccc(/C=C/c2ccc(N(c3ccccc3)c3ccccc3)cc2)cc1OCCCCC(=O)O)C(=O)O. The van der Waals surface area contributed by atoms with Crippen LogP contribution in [0.5, 0.6) is 5.75 Å². The largest absolute Gasteiger partial charge is 0.493 e. The van der Waals surface area contributed by atoms with Crippen molar-refractivity contribution in [1.82, 2.24) is 0 Å². The van der Waals surface area contributed by atoms with Gasteiger partial charge in [0.1, 0.15) is 5.75 Å². The van der Waals surface area contributed by atoms with Crippen LogP contribution in [0.25, 0.3) is 23.1 Å². The number of ether oxygens (including phenoxy) is 1. The molecular weight excluding hydrogens is 528 g/mol. The maximum Gasteiger partial charge on any atom is 0.333 e. The molecule has 4 aromatic carbocycles. The van der Waals surface area contributed by atoms with Gasteiger partial charge in [0.05, 0.1) is 13.2 Å². The second-order valence-electron chi connectivity index (χ2n) is 9.37. The lowest BCUT2D eigenvalue weighted by molar-refractivity contribution is -0.137. The van der Waals surface area contributed by atoms with Crippen LogP contribution in [0.1, 0.15) is 36.0 Å². The highest BCUT2D eigenvalue weighted by Crippen LogP contribution is 2.34. The minimum Gasteiger partial charge on any atom is -0.493 e. The second-order valence-corrected chi connectivity index (χ2v) is 9.37. The van der Waals surface area contributed by atoms with Crippen molar-refractivity contribution in [3.63, 3.8) is 0 Å². The average molecular weight is 559 g/mol. The number of nitrogens with zero attached hydrogens (tertiary/aromatic N) is 2. The van der Waals surface area contributed by atoms with Crippen LogP contribution in [0, 0.1) is 6.57 Å². The van der Waals surface area contributed by atoms with Gasteiger partial charge in [0, 0.05) is 29.0 Å².